The van der Waals surface area contributed by atoms with Crippen molar-refractivity contribution in [3.63, 3.8) is 0 Å². The molecule has 3 rings (SSSR count). The van der Waals surface area contributed by atoms with E-state index in [1.807, 2.05) is 6.07 Å². The minimum Gasteiger partial charge on any atom is -0.368 e. The van der Waals surface area contributed by atoms with E-state index >= 15 is 0 Å². The molecular weight excluding hydrogens is 262 g/mol. The molecule has 2 saturated heterocycles. The summed E-state index contributed by atoms with van der Waals surface area (Å²) >= 11 is 0. The Bertz CT molecular complexity index is 468. The molecule has 1 N–H and O–H groups in total. The van der Waals surface area contributed by atoms with Gasteiger partial charge in [-0.05, 0) is 38.4 Å². The molecule has 0 aromatic heterocycles. The average Bonchev–Trinajstić information content (AvgIpc) is 2.56. The molecule has 0 bridgehead atoms. The Morgan fingerprint density at radius 1 is 1.14 bits per heavy atom. The lowest BCUT2D eigenvalue weighted by Crippen LogP contribution is -2.54. The van der Waals surface area contributed by atoms with Gasteiger partial charge in [-0.2, -0.15) is 0 Å². The number of hydrogen-bond acceptors (Lipinski definition) is 3. The van der Waals surface area contributed by atoms with Crippen molar-refractivity contribution in [1.29, 1.82) is 0 Å². The summed E-state index contributed by atoms with van der Waals surface area (Å²) in [5, 5.41) is 3.43. The molecule has 2 heterocycles. The maximum atomic E-state index is 12.7. The third-order valence-corrected chi connectivity index (χ3v) is 4.79. The first-order valence-corrected chi connectivity index (χ1v) is 8.08. The first kappa shape index (κ1) is 14.4. The van der Waals surface area contributed by atoms with E-state index in [-0.39, 0.29) is 5.92 Å². The van der Waals surface area contributed by atoms with E-state index < -0.39 is 0 Å². The van der Waals surface area contributed by atoms with Crippen molar-refractivity contribution >= 4 is 11.6 Å². The molecule has 0 saturated carbocycles. The zero-order chi connectivity index (χ0) is 14.7. The quantitative estimate of drug-likeness (QED) is 0.900. The Kier molecular flexibility index (Phi) is 4.44. The average molecular weight is 287 g/mol. The van der Waals surface area contributed by atoms with Crippen LogP contribution in [0.2, 0.25) is 0 Å². The second-order valence-corrected chi connectivity index (χ2v) is 6.14. The third-order valence-electron chi connectivity index (χ3n) is 4.79. The number of hydrogen-bond donors (Lipinski definition) is 1. The number of nitrogens with zero attached hydrogens (tertiary/aromatic N) is 2. The van der Waals surface area contributed by atoms with Crippen molar-refractivity contribution in [2.24, 2.45) is 5.92 Å². The maximum Gasteiger partial charge on any atom is 0.227 e. The van der Waals surface area contributed by atoms with Gasteiger partial charge in [-0.25, -0.2) is 0 Å². The highest BCUT2D eigenvalue weighted by Gasteiger charge is 2.32. The second kappa shape index (κ2) is 6.48. The van der Waals surface area contributed by atoms with Gasteiger partial charge in [0.25, 0.3) is 0 Å². The Balaban J connectivity index is 1.57. The molecule has 21 heavy (non-hydrogen) atoms. The molecule has 0 aliphatic carbocycles. The van der Waals surface area contributed by atoms with Gasteiger partial charge < -0.3 is 15.1 Å². The van der Waals surface area contributed by atoms with Gasteiger partial charge >= 0.3 is 0 Å². The lowest BCUT2D eigenvalue weighted by molar-refractivity contribution is -0.137. The van der Waals surface area contributed by atoms with Crippen LogP contribution in [-0.2, 0) is 4.79 Å². The van der Waals surface area contributed by atoms with E-state index in [0.717, 1.165) is 45.6 Å². The number of piperidine rings is 1. The van der Waals surface area contributed by atoms with Crippen molar-refractivity contribution in [3.8, 4) is 0 Å². The second-order valence-electron chi connectivity index (χ2n) is 6.14. The van der Waals surface area contributed by atoms with Crippen LogP contribution in [-0.4, -0.2) is 49.6 Å². The monoisotopic (exact) mass is 287 g/mol. The third kappa shape index (κ3) is 3.21. The summed E-state index contributed by atoms with van der Waals surface area (Å²) in [5.41, 5.74) is 1.26. The summed E-state index contributed by atoms with van der Waals surface area (Å²) in [6.07, 6.45) is 2.15. The number of rotatable bonds is 2. The minimum absolute atomic E-state index is 0.169. The Hall–Kier alpha value is -1.55. The Morgan fingerprint density at radius 3 is 2.52 bits per heavy atom. The van der Waals surface area contributed by atoms with E-state index in [1.54, 1.807) is 0 Å². The first-order chi connectivity index (χ1) is 10.3. The number of amides is 1. The van der Waals surface area contributed by atoms with Crippen LogP contribution in [0.3, 0.4) is 0 Å². The fourth-order valence-corrected chi connectivity index (χ4v) is 3.44. The number of piperazine rings is 1. The van der Waals surface area contributed by atoms with Crippen LogP contribution >= 0.6 is 0 Å². The fourth-order valence-electron chi connectivity index (χ4n) is 3.44. The number of carbonyl (C=O) groups is 1. The van der Waals surface area contributed by atoms with Gasteiger partial charge in [0.2, 0.25) is 5.91 Å². The van der Waals surface area contributed by atoms with Gasteiger partial charge in [0.05, 0.1) is 5.92 Å². The summed E-state index contributed by atoms with van der Waals surface area (Å²) in [6, 6.07) is 10.8. The fraction of sp³-hybridized carbons (Fsp3) is 0.588. The molecule has 4 nitrogen and oxygen atoms in total. The summed E-state index contributed by atoms with van der Waals surface area (Å²) in [7, 11) is 0. The molecule has 2 fully saturated rings. The van der Waals surface area contributed by atoms with Crippen LogP contribution in [0.4, 0.5) is 5.69 Å². The number of nitrogens with one attached hydrogen (secondary N) is 1. The van der Waals surface area contributed by atoms with E-state index in [4.69, 9.17) is 0 Å². The molecule has 0 radical (unpaired) electrons. The van der Waals surface area contributed by atoms with Gasteiger partial charge in [-0.15, -0.1) is 0 Å². The maximum absolute atomic E-state index is 12.7. The summed E-state index contributed by atoms with van der Waals surface area (Å²) in [5.74, 6) is 0.518. The van der Waals surface area contributed by atoms with Crippen molar-refractivity contribution < 1.29 is 4.79 Å². The molecule has 1 amide bonds. The summed E-state index contributed by atoms with van der Waals surface area (Å²) in [6.45, 7) is 6.75. The SMILES string of the molecule is CC1NCCCC1C(=O)N1CCN(c2ccccc2)CC1. The smallest absolute Gasteiger partial charge is 0.227 e. The molecule has 114 valence electrons. The normalized spacial score (nSPS) is 26.7. The first-order valence-electron chi connectivity index (χ1n) is 8.08. The molecule has 4 heteroatoms. The van der Waals surface area contributed by atoms with Crippen LogP contribution in [0.25, 0.3) is 0 Å². The van der Waals surface area contributed by atoms with Crippen LogP contribution < -0.4 is 10.2 Å². The van der Waals surface area contributed by atoms with E-state index in [0.29, 0.717) is 11.9 Å². The van der Waals surface area contributed by atoms with Gasteiger partial charge in [0, 0.05) is 37.9 Å². The van der Waals surface area contributed by atoms with Crippen LogP contribution in [0.15, 0.2) is 30.3 Å². The van der Waals surface area contributed by atoms with Crippen LogP contribution in [0.5, 0.6) is 0 Å². The van der Waals surface area contributed by atoms with Crippen LogP contribution in [0, 0.1) is 5.92 Å². The molecule has 2 aliphatic heterocycles. The molecule has 0 spiro atoms. The van der Waals surface area contributed by atoms with Crippen molar-refractivity contribution in [1.82, 2.24) is 10.2 Å². The van der Waals surface area contributed by atoms with Crippen molar-refractivity contribution in [3.05, 3.63) is 30.3 Å². The van der Waals surface area contributed by atoms with Gasteiger partial charge in [-0.3, -0.25) is 4.79 Å². The minimum atomic E-state index is 0.169. The van der Waals surface area contributed by atoms with E-state index in [2.05, 4.69) is 46.3 Å². The topological polar surface area (TPSA) is 35.6 Å². The Labute approximate surface area is 127 Å². The highest BCUT2D eigenvalue weighted by molar-refractivity contribution is 5.80. The number of anilines is 1. The zero-order valence-electron chi connectivity index (χ0n) is 12.8. The van der Waals surface area contributed by atoms with Crippen molar-refractivity contribution in [2.45, 2.75) is 25.8 Å². The predicted molar refractivity (Wildman–Crippen MR) is 85.4 cm³/mol. The molecule has 1 aromatic rings. The van der Waals surface area contributed by atoms with Gasteiger partial charge in [-0.1, -0.05) is 18.2 Å². The molecular formula is C17H25N3O. The molecule has 1 aromatic carbocycles. The highest BCUT2D eigenvalue weighted by atomic mass is 16.2. The lowest BCUT2D eigenvalue weighted by Gasteiger charge is -2.39. The molecule has 2 atom stereocenters. The lowest BCUT2D eigenvalue weighted by atomic mass is 9.90. The number of para-hydroxylation sites is 1. The zero-order valence-corrected chi connectivity index (χ0v) is 12.8. The summed E-state index contributed by atoms with van der Waals surface area (Å²) < 4.78 is 0. The summed E-state index contributed by atoms with van der Waals surface area (Å²) in [4.78, 5) is 17.1. The molecule has 2 unspecified atom stereocenters. The van der Waals surface area contributed by atoms with E-state index in [9.17, 15) is 4.79 Å². The van der Waals surface area contributed by atoms with E-state index in [1.165, 1.54) is 5.69 Å². The van der Waals surface area contributed by atoms with Gasteiger partial charge in [0.15, 0.2) is 0 Å². The number of benzene rings is 1. The van der Waals surface area contributed by atoms with Crippen molar-refractivity contribution in [2.75, 3.05) is 37.6 Å². The predicted octanol–water partition coefficient (Wildman–Crippen LogP) is 1.72. The molecule has 2 aliphatic rings. The van der Waals surface area contributed by atoms with Gasteiger partial charge in [0.1, 0.15) is 0 Å². The van der Waals surface area contributed by atoms with Crippen LogP contribution in [0.1, 0.15) is 19.8 Å². The number of carbonyl (C=O) groups excluding carboxylic acids is 1. The Morgan fingerprint density at radius 2 is 1.86 bits per heavy atom. The highest BCUT2D eigenvalue weighted by Crippen LogP contribution is 2.21. The standard InChI is InChI=1S/C17H25N3O/c1-14-16(8-5-9-18-14)17(21)20-12-10-19(11-13-20)15-6-3-2-4-7-15/h2-4,6-7,14,16,18H,5,8-13H2,1H3. The largest absolute Gasteiger partial charge is 0.368 e.